The summed E-state index contributed by atoms with van der Waals surface area (Å²) in [5.41, 5.74) is 0. The second kappa shape index (κ2) is 7.67. The number of pyridine rings is 2. The van der Waals surface area contributed by atoms with Crippen LogP contribution >= 0.6 is 34.2 Å². The van der Waals surface area contributed by atoms with Crippen molar-refractivity contribution < 1.29 is 4.74 Å². The van der Waals surface area contributed by atoms with Gasteiger partial charge in [0.15, 0.2) is 0 Å². The molecule has 19 heavy (non-hydrogen) atoms. The monoisotopic (exact) mass is 310 g/mol. The summed E-state index contributed by atoms with van der Waals surface area (Å²) in [6.07, 6.45) is 3.53. The van der Waals surface area contributed by atoms with Gasteiger partial charge in [0.1, 0.15) is 15.8 Å². The highest BCUT2D eigenvalue weighted by atomic mass is 33.1. The Labute approximate surface area is 126 Å². The van der Waals surface area contributed by atoms with Gasteiger partial charge in [-0.1, -0.05) is 13.0 Å². The van der Waals surface area contributed by atoms with Crippen LogP contribution in [0.1, 0.15) is 6.92 Å². The molecule has 0 aliphatic rings. The molecule has 2 aromatic rings. The van der Waals surface area contributed by atoms with E-state index in [1.54, 1.807) is 34.0 Å². The summed E-state index contributed by atoms with van der Waals surface area (Å²) in [7, 11) is 3.14. The third-order valence-electron chi connectivity index (χ3n) is 2.05. The van der Waals surface area contributed by atoms with Crippen LogP contribution in [0.3, 0.4) is 0 Å². The Morgan fingerprint density at radius 1 is 1.16 bits per heavy atom. The van der Waals surface area contributed by atoms with Crippen molar-refractivity contribution >= 4 is 34.2 Å². The molecule has 100 valence electrons. The van der Waals surface area contributed by atoms with Crippen molar-refractivity contribution in [2.24, 2.45) is 0 Å². The van der Waals surface area contributed by atoms with Crippen molar-refractivity contribution in [3.8, 4) is 5.75 Å². The Bertz CT molecular complexity index is 508. The van der Waals surface area contributed by atoms with E-state index in [1.165, 1.54) is 0 Å². The topological polar surface area (TPSA) is 35.0 Å². The van der Waals surface area contributed by atoms with E-state index in [-0.39, 0.29) is 5.25 Å². The summed E-state index contributed by atoms with van der Waals surface area (Å²) in [5.74, 6) is 0.819. The predicted molar refractivity (Wildman–Crippen MR) is 84.1 cm³/mol. The molecule has 0 aromatic carbocycles. The molecule has 0 fully saturated rings. The van der Waals surface area contributed by atoms with Crippen LogP contribution in [-0.2, 0) is 0 Å². The molecular weight excluding hydrogens is 296 g/mol. The number of aromatic nitrogens is 2. The van der Waals surface area contributed by atoms with Crippen LogP contribution in [0.15, 0.2) is 52.8 Å². The zero-order chi connectivity index (χ0) is 13.5. The van der Waals surface area contributed by atoms with E-state index in [0.717, 1.165) is 15.8 Å². The molecule has 0 bridgehead atoms. The molecule has 0 N–H and O–H groups in total. The van der Waals surface area contributed by atoms with Gasteiger partial charge in [0.2, 0.25) is 0 Å². The second-order valence-corrected chi connectivity index (χ2v) is 6.88. The maximum absolute atomic E-state index is 5.61. The minimum absolute atomic E-state index is 0.215. The molecule has 0 spiro atoms. The van der Waals surface area contributed by atoms with Crippen LogP contribution in [0, 0.1) is 0 Å². The van der Waals surface area contributed by atoms with Gasteiger partial charge in [-0.25, -0.2) is 9.97 Å². The smallest absolute Gasteiger partial charge is 0.123 e. The lowest BCUT2D eigenvalue weighted by Crippen LogP contribution is -2.07. The molecular formula is C13H14N2OS3. The maximum atomic E-state index is 5.61. The molecule has 1 unspecified atom stereocenters. The molecule has 6 heteroatoms. The number of thiol groups is 1. The summed E-state index contributed by atoms with van der Waals surface area (Å²) in [5, 5.41) is 2.08. The van der Waals surface area contributed by atoms with Crippen LogP contribution < -0.4 is 4.74 Å². The maximum Gasteiger partial charge on any atom is 0.123 e. The molecule has 2 heterocycles. The number of hydrogen-bond donors (Lipinski definition) is 1. The minimum Gasteiger partial charge on any atom is -0.492 e. The molecule has 0 aliphatic carbocycles. The molecule has 2 aromatic heterocycles. The standard InChI is InChI=1S/C13H14N2OS3/c1-10(17)9-16-11-5-7-15-13(8-11)19-18-12-4-2-3-6-14-12/h2-8,10,17H,9H2,1H3. The Hall–Kier alpha value is -0.850. The largest absolute Gasteiger partial charge is 0.492 e. The molecule has 0 amide bonds. The fourth-order valence-electron chi connectivity index (χ4n) is 1.23. The van der Waals surface area contributed by atoms with Crippen molar-refractivity contribution in [1.82, 2.24) is 9.97 Å². The van der Waals surface area contributed by atoms with Crippen molar-refractivity contribution in [2.45, 2.75) is 22.2 Å². The van der Waals surface area contributed by atoms with Gasteiger partial charge >= 0.3 is 0 Å². The Morgan fingerprint density at radius 2 is 1.95 bits per heavy atom. The van der Waals surface area contributed by atoms with E-state index in [1.807, 2.05) is 37.3 Å². The third kappa shape index (κ3) is 5.34. The van der Waals surface area contributed by atoms with Gasteiger partial charge in [0.25, 0.3) is 0 Å². The zero-order valence-electron chi connectivity index (χ0n) is 10.4. The minimum atomic E-state index is 0.215. The molecule has 0 aliphatic heterocycles. The van der Waals surface area contributed by atoms with Crippen LogP contribution in [-0.4, -0.2) is 21.8 Å². The average molecular weight is 310 g/mol. The van der Waals surface area contributed by atoms with E-state index in [0.29, 0.717) is 6.61 Å². The Morgan fingerprint density at radius 3 is 2.68 bits per heavy atom. The second-order valence-electron chi connectivity index (χ2n) is 3.82. The lowest BCUT2D eigenvalue weighted by atomic mass is 10.4. The van der Waals surface area contributed by atoms with E-state index in [9.17, 15) is 0 Å². The number of nitrogens with zero attached hydrogens (tertiary/aromatic N) is 2. The van der Waals surface area contributed by atoms with Crippen molar-refractivity contribution in [3.63, 3.8) is 0 Å². The molecule has 2 rings (SSSR count). The third-order valence-corrected chi connectivity index (χ3v) is 4.36. The lowest BCUT2D eigenvalue weighted by Gasteiger charge is -2.08. The van der Waals surface area contributed by atoms with Gasteiger partial charge in [0, 0.05) is 23.7 Å². The van der Waals surface area contributed by atoms with Crippen LogP contribution in [0.4, 0.5) is 0 Å². The zero-order valence-corrected chi connectivity index (χ0v) is 12.9. The quantitative estimate of drug-likeness (QED) is 0.645. The first kappa shape index (κ1) is 14.6. The summed E-state index contributed by atoms with van der Waals surface area (Å²) in [4.78, 5) is 8.55. The van der Waals surface area contributed by atoms with E-state index < -0.39 is 0 Å². The number of ether oxygens (including phenoxy) is 1. The average Bonchev–Trinajstić information content (AvgIpc) is 2.44. The summed E-state index contributed by atoms with van der Waals surface area (Å²) < 4.78 is 5.61. The Kier molecular flexibility index (Phi) is 5.88. The summed E-state index contributed by atoms with van der Waals surface area (Å²) >= 11 is 4.29. The fraction of sp³-hybridized carbons (Fsp3) is 0.231. The van der Waals surface area contributed by atoms with E-state index >= 15 is 0 Å². The van der Waals surface area contributed by atoms with Gasteiger partial charge in [-0.05, 0) is 39.8 Å². The van der Waals surface area contributed by atoms with Gasteiger partial charge in [-0.3, -0.25) is 0 Å². The van der Waals surface area contributed by atoms with E-state index in [4.69, 9.17) is 4.74 Å². The molecule has 0 saturated heterocycles. The summed E-state index contributed by atoms with van der Waals surface area (Å²) in [6, 6.07) is 9.63. The number of hydrogen-bond acceptors (Lipinski definition) is 6. The van der Waals surface area contributed by atoms with Gasteiger partial charge in [-0.15, -0.1) is 0 Å². The lowest BCUT2D eigenvalue weighted by molar-refractivity contribution is 0.321. The van der Waals surface area contributed by atoms with Crippen LogP contribution in [0.2, 0.25) is 0 Å². The highest BCUT2D eigenvalue weighted by molar-refractivity contribution is 8.76. The van der Waals surface area contributed by atoms with Gasteiger partial charge in [0.05, 0.1) is 6.61 Å². The number of rotatable bonds is 6. The van der Waals surface area contributed by atoms with Crippen LogP contribution in [0.5, 0.6) is 5.75 Å². The highest BCUT2D eigenvalue weighted by Gasteiger charge is 2.03. The van der Waals surface area contributed by atoms with Crippen LogP contribution in [0.25, 0.3) is 0 Å². The fourth-order valence-corrected chi connectivity index (χ4v) is 3.06. The van der Waals surface area contributed by atoms with Crippen molar-refractivity contribution in [2.75, 3.05) is 6.61 Å². The first-order chi connectivity index (χ1) is 9.24. The van der Waals surface area contributed by atoms with Crippen molar-refractivity contribution in [1.29, 1.82) is 0 Å². The SMILES string of the molecule is CC(S)COc1ccnc(SSc2ccccn2)c1. The van der Waals surface area contributed by atoms with Crippen molar-refractivity contribution in [3.05, 3.63) is 42.7 Å². The first-order valence-corrected chi connectivity index (χ1v) is 8.43. The molecule has 0 radical (unpaired) electrons. The molecule has 3 nitrogen and oxygen atoms in total. The van der Waals surface area contributed by atoms with Gasteiger partial charge in [-0.2, -0.15) is 12.6 Å². The highest BCUT2D eigenvalue weighted by Crippen LogP contribution is 2.35. The molecule has 1 atom stereocenters. The molecule has 0 saturated carbocycles. The Balaban J connectivity index is 1.91. The van der Waals surface area contributed by atoms with E-state index in [2.05, 4.69) is 22.6 Å². The van der Waals surface area contributed by atoms with Gasteiger partial charge < -0.3 is 4.74 Å². The normalized spacial score (nSPS) is 12.1. The predicted octanol–water partition coefficient (Wildman–Crippen LogP) is 3.97. The first-order valence-electron chi connectivity index (χ1n) is 5.76. The summed E-state index contributed by atoms with van der Waals surface area (Å²) in [6.45, 7) is 2.58.